The molecule has 1 aromatic carbocycles. The number of nitrogens with two attached hydrogens (primary N) is 1. The summed E-state index contributed by atoms with van der Waals surface area (Å²) in [7, 11) is 5.20. The normalized spacial score (nSPS) is 15.4. The molecule has 0 aromatic heterocycles. The van der Waals surface area contributed by atoms with Crippen molar-refractivity contribution in [3.63, 3.8) is 0 Å². The second-order valence-corrected chi connectivity index (χ2v) is 4.65. The van der Waals surface area contributed by atoms with Gasteiger partial charge in [0, 0.05) is 26.7 Å². The molecule has 108 valence electrons. The van der Waals surface area contributed by atoms with E-state index in [0.29, 0.717) is 12.6 Å². The van der Waals surface area contributed by atoms with E-state index in [1.807, 2.05) is 0 Å². The van der Waals surface area contributed by atoms with Crippen molar-refractivity contribution in [3.8, 4) is 0 Å². The van der Waals surface area contributed by atoms with Crippen molar-refractivity contribution in [3.05, 3.63) is 23.8 Å². The summed E-state index contributed by atoms with van der Waals surface area (Å²) in [4.78, 5) is 0. The summed E-state index contributed by atoms with van der Waals surface area (Å²) in [5.74, 6) is 0. The lowest BCUT2D eigenvalue weighted by Gasteiger charge is -2.29. The molecular formula is C12H17F4N3. The summed E-state index contributed by atoms with van der Waals surface area (Å²) in [5.41, 5.74) is 2.36. The molecule has 1 aromatic rings. The van der Waals surface area contributed by atoms with Gasteiger partial charge in [-0.3, -0.25) is 0 Å². The molecule has 0 radical (unpaired) electrons. The van der Waals surface area contributed by atoms with E-state index in [9.17, 15) is 17.6 Å². The Morgan fingerprint density at radius 3 is 1.95 bits per heavy atom. The number of alkyl halides is 4. The van der Waals surface area contributed by atoms with Crippen LogP contribution in [-0.4, -0.2) is 32.3 Å². The van der Waals surface area contributed by atoms with Crippen LogP contribution in [0.3, 0.4) is 0 Å². The molecule has 2 N–H and O–H groups in total. The molecule has 7 heteroatoms. The largest absolute Gasteiger partial charge is 0.426 e. The first kappa shape index (κ1) is 15.6. The van der Waals surface area contributed by atoms with E-state index in [2.05, 4.69) is 0 Å². The molecule has 1 unspecified atom stereocenters. The zero-order valence-electron chi connectivity index (χ0n) is 11.2. The first-order chi connectivity index (χ1) is 8.48. The van der Waals surface area contributed by atoms with E-state index in [1.165, 1.54) is 6.07 Å². The Morgan fingerprint density at radius 2 is 1.58 bits per heavy atom. The predicted molar refractivity (Wildman–Crippen MR) is 67.5 cm³/mol. The molecule has 1 atom stereocenters. The lowest BCUT2D eigenvalue weighted by atomic mass is 9.96. The number of hydrazine groups is 1. The van der Waals surface area contributed by atoms with Crippen LogP contribution in [0.15, 0.2) is 18.2 Å². The maximum absolute atomic E-state index is 13.8. The molecule has 0 aliphatic carbocycles. The lowest BCUT2D eigenvalue weighted by Crippen LogP contribution is -2.36. The van der Waals surface area contributed by atoms with Gasteiger partial charge < -0.3 is 10.7 Å². The van der Waals surface area contributed by atoms with Crippen LogP contribution in [0.4, 0.5) is 28.9 Å². The molecule has 0 heterocycles. The summed E-state index contributed by atoms with van der Waals surface area (Å²) < 4.78 is 51.6. The Kier molecular flexibility index (Phi) is 4.00. The minimum absolute atomic E-state index is 0.0850. The Labute approximate surface area is 109 Å². The number of anilines is 2. The average Bonchev–Trinajstić information content (AvgIpc) is 2.26. The zero-order valence-corrected chi connectivity index (χ0v) is 11.2. The van der Waals surface area contributed by atoms with Crippen LogP contribution in [0.25, 0.3) is 0 Å². The quantitative estimate of drug-likeness (QED) is 0.524. The minimum atomic E-state index is -4.98. The van der Waals surface area contributed by atoms with Gasteiger partial charge in [0.1, 0.15) is 0 Å². The third-order valence-electron chi connectivity index (χ3n) is 3.05. The van der Waals surface area contributed by atoms with E-state index in [4.69, 9.17) is 5.73 Å². The van der Waals surface area contributed by atoms with Crippen molar-refractivity contribution >= 4 is 11.4 Å². The fourth-order valence-corrected chi connectivity index (χ4v) is 1.52. The maximum Gasteiger partial charge on any atom is 0.426 e. The van der Waals surface area contributed by atoms with Crippen LogP contribution >= 0.6 is 0 Å². The van der Waals surface area contributed by atoms with E-state index < -0.39 is 17.4 Å². The third kappa shape index (κ3) is 2.91. The summed E-state index contributed by atoms with van der Waals surface area (Å²) in [6.07, 6.45) is -4.98. The molecule has 0 fully saturated rings. The van der Waals surface area contributed by atoms with Crippen molar-refractivity contribution in [2.75, 3.05) is 31.9 Å². The second kappa shape index (κ2) is 4.88. The second-order valence-electron chi connectivity index (χ2n) is 4.65. The number of hydrogen-bond donors (Lipinski definition) is 1. The molecule has 1 rings (SSSR count). The van der Waals surface area contributed by atoms with Crippen LogP contribution in [0.2, 0.25) is 0 Å². The van der Waals surface area contributed by atoms with E-state index in [0.717, 1.165) is 12.1 Å². The molecule has 3 nitrogen and oxygen atoms in total. The van der Waals surface area contributed by atoms with E-state index in [1.54, 1.807) is 31.2 Å². The number of halogens is 4. The van der Waals surface area contributed by atoms with Gasteiger partial charge >= 0.3 is 6.18 Å². The van der Waals surface area contributed by atoms with Gasteiger partial charge in [0.25, 0.3) is 0 Å². The Hall–Kier alpha value is -1.50. The number of hydrogen-bond acceptors (Lipinski definition) is 3. The first-order valence-corrected chi connectivity index (χ1v) is 5.55. The van der Waals surface area contributed by atoms with Gasteiger partial charge in [0.05, 0.1) is 11.4 Å². The molecule has 0 spiro atoms. The van der Waals surface area contributed by atoms with Gasteiger partial charge in [0.15, 0.2) is 0 Å². The van der Waals surface area contributed by atoms with Crippen molar-refractivity contribution in [1.29, 1.82) is 0 Å². The van der Waals surface area contributed by atoms with Gasteiger partial charge in [-0.15, -0.1) is 0 Å². The predicted octanol–water partition coefficient (Wildman–Crippen LogP) is 2.93. The average molecular weight is 279 g/mol. The van der Waals surface area contributed by atoms with E-state index in [-0.39, 0.29) is 5.69 Å². The molecule has 0 aliphatic heterocycles. The Balaban J connectivity index is 3.21. The number of rotatable bonds is 3. The smallest absolute Gasteiger partial charge is 0.397 e. The zero-order chi connectivity index (χ0) is 15.0. The summed E-state index contributed by atoms with van der Waals surface area (Å²) in [6, 6.07) is 3.48. The highest BCUT2D eigenvalue weighted by molar-refractivity contribution is 5.68. The summed E-state index contributed by atoms with van der Waals surface area (Å²) >= 11 is 0. The van der Waals surface area contributed by atoms with Crippen LogP contribution < -0.4 is 10.7 Å². The van der Waals surface area contributed by atoms with Gasteiger partial charge in [-0.1, -0.05) is 6.07 Å². The first-order valence-electron chi connectivity index (χ1n) is 5.55. The SMILES string of the molecule is CN(C)N(C)c1ccc(C(C)(F)C(F)(F)F)cc1N. The highest BCUT2D eigenvalue weighted by Gasteiger charge is 2.53. The van der Waals surface area contributed by atoms with Crippen LogP contribution in [0.5, 0.6) is 0 Å². The lowest BCUT2D eigenvalue weighted by molar-refractivity contribution is -0.228. The fraction of sp³-hybridized carbons (Fsp3) is 0.500. The molecule has 0 saturated heterocycles. The molecule has 0 amide bonds. The topological polar surface area (TPSA) is 32.5 Å². The Bertz CT molecular complexity index is 455. The molecule has 0 saturated carbocycles. The maximum atomic E-state index is 13.8. The van der Waals surface area contributed by atoms with Crippen molar-refractivity contribution < 1.29 is 17.6 Å². The van der Waals surface area contributed by atoms with Gasteiger partial charge in [-0.2, -0.15) is 13.2 Å². The summed E-state index contributed by atoms with van der Waals surface area (Å²) in [5, 5.41) is 3.34. The molecular weight excluding hydrogens is 262 g/mol. The highest BCUT2D eigenvalue weighted by Crippen LogP contribution is 2.43. The van der Waals surface area contributed by atoms with Crippen LogP contribution in [0, 0.1) is 0 Å². The van der Waals surface area contributed by atoms with Crippen molar-refractivity contribution in [1.82, 2.24) is 5.01 Å². The fourth-order valence-electron chi connectivity index (χ4n) is 1.52. The number of benzene rings is 1. The number of nitrogens with zero attached hydrogens (tertiary/aromatic N) is 2. The third-order valence-corrected chi connectivity index (χ3v) is 3.05. The van der Waals surface area contributed by atoms with Gasteiger partial charge in [-0.05, 0) is 19.1 Å². The van der Waals surface area contributed by atoms with Gasteiger partial charge in [-0.25, -0.2) is 9.40 Å². The highest BCUT2D eigenvalue weighted by atomic mass is 19.4. The Morgan fingerprint density at radius 1 is 1.05 bits per heavy atom. The standard InChI is InChI=1S/C12H17F4N3/c1-11(13,12(14,15)16)8-5-6-10(9(17)7-8)19(4)18(2)3/h5-7H,17H2,1-4H3. The molecule has 0 bridgehead atoms. The van der Waals surface area contributed by atoms with Crippen LogP contribution in [-0.2, 0) is 5.67 Å². The van der Waals surface area contributed by atoms with Gasteiger partial charge in [0.2, 0.25) is 5.67 Å². The van der Waals surface area contributed by atoms with Crippen molar-refractivity contribution in [2.45, 2.75) is 18.8 Å². The monoisotopic (exact) mass is 279 g/mol. The summed E-state index contributed by atoms with van der Waals surface area (Å²) in [6.45, 7) is 0.483. The molecule has 19 heavy (non-hydrogen) atoms. The van der Waals surface area contributed by atoms with E-state index >= 15 is 0 Å². The number of nitrogen functional groups attached to an aromatic ring is 1. The van der Waals surface area contributed by atoms with Crippen molar-refractivity contribution in [2.24, 2.45) is 0 Å². The van der Waals surface area contributed by atoms with Crippen LogP contribution in [0.1, 0.15) is 12.5 Å². The minimum Gasteiger partial charge on any atom is -0.397 e. The molecule has 0 aliphatic rings.